The summed E-state index contributed by atoms with van der Waals surface area (Å²) in [4.78, 5) is 11.5. The summed E-state index contributed by atoms with van der Waals surface area (Å²) in [7, 11) is 0. The Bertz CT molecular complexity index is 904. The number of anilines is 1. The van der Waals surface area contributed by atoms with E-state index in [4.69, 9.17) is 39.2 Å². The number of hydrogen-bond acceptors (Lipinski definition) is 6. The zero-order chi connectivity index (χ0) is 20.3. The van der Waals surface area contributed by atoms with Crippen LogP contribution in [-0.2, 0) is 6.61 Å². The Kier molecular flexibility index (Phi) is 6.41. The van der Waals surface area contributed by atoms with Gasteiger partial charge in [0.2, 0.25) is 0 Å². The number of aliphatic hydroxyl groups excluding tert-OH is 1. The number of aryl methyl sites for hydroxylation is 1. The molecule has 0 spiro atoms. The van der Waals surface area contributed by atoms with Crippen LogP contribution in [0.4, 0.5) is 5.82 Å². The summed E-state index contributed by atoms with van der Waals surface area (Å²) in [6.45, 7) is 3.57. The molecule has 1 aliphatic heterocycles. The second-order valence-corrected chi connectivity index (χ2v) is 8.00. The van der Waals surface area contributed by atoms with E-state index in [1.807, 2.05) is 19.1 Å². The van der Waals surface area contributed by atoms with Gasteiger partial charge in [0.05, 0.1) is 34.1 Å². The quantitative estimate of drug-likeness (QED) is 0.765. The average Bonchev–Trinajstić information content (AvgIpc) is 2.71. The Balaban J connectivity index is 1.93. The lowest BCUT2D eigenvalue weighted by molar-refractivity contribution is 0.232. The van der Waals surface area contributed by atoms with Gasteiger partial charge in [-0.3, -0.25) is 0 Å². The molecule has 1 fully saturated rings. The maximum atomic E-state index is 9.92. The summed E-state index contributed by atoms with van der Waals surface area (Å²) in [5.74, 6) is 0.671. The van der Waals surface area contributed by atoms with Crippen LogP contribution in [0.5, 0.6) is 0 Å². The highest BCUT2D eigenvalue weighted by Gasteiger charge is 2.34. The molecule has 0 bridgehead atoms. The van der Waals surface area contributed by atoms with Crippen LogP contribution in [0.15, 0.2) is 18.2 Å². The van der Waals surface area contributed by atoms with Gasteiger partial charge in [0, 0.05) is 25.1 Å². The molecule has 2 aromatic rings. The molecule has 1 aromatic carbocycles. The Hall–Kier alpha value is -1.91. The molecule has 28 heavy (non-hydrogen) atoms. The lowest BCUT2D eigenvalue weighted by Crippen LogP contribution is -2.44. The molecule has 0 radical (unpaired) electrons. The van der Waals surface area contributed by atoms with Gasteiger partial charge in [-0.05, 0) is 37.8 Å². The van der Waals surface area contributed by atoms with Crippen molar-refractivity contribution >= 4 is 29.0 Å². The van der Waals surface area contributed by atoms with Crippen molar-refractivity contribution in [2.24, 2.45) is 11.1 Å². The lowest BCUT2D eigenvalue weighted by atomic mass is 9.76. The second kappa shape index (κ2) is 8.62. The number of nitriles is 1. The number of nitrogens with two attached hydrogens (primary N) is 1. The molecule has 8 heteroatoms. The maximum absolute atomic E-state index is 9.92. The fraction of sp³-hybridized carbons (Fsp3) is 0.450. The SMILES string of the molecule is Cc1nc(N2CCC(CN)(CC#N)CC2)c(CO)nc1-c1cccc(Cl)c1Cl. The standard InChI is InChI=1S/C20H23Cl2N5O/c1-13-18(14-3-2-4-15(21)17(14)22)26-16(11-28)19(25-13)27-9-6-20(12-24,5-8-23)7-10-27/h2-4,28H,5-7,9-12,24H2,1H3. The Labute approximate surface area is 174 Å². The summed E-state index contributed by atoms with van der Waals surface area (Å²) >= 11 is 12.5. The van der Waals surface area contributed by atoms with Gasteiger partial charge in [0.1, 0.15) is 5.69 Å². The topological polar surface area (TPSA) is 99.1 Å². The van der Waals surface area contributed by atoms with E-state index in [0.717, 1.165) is 25.9 Å². The predicted octanol–water partition coefficient (Wildman–Crippen LogP) is 3.71. The van der Waals surface area contributed by atoms with Crippen molar-refractivity contribution in [3.8, 4) is 17.3 Å². The molecule has 1 aliphatic rings. The van der Waals surface area contributed by atoms with Crippen molar-refractivity contribution in [1.82, 2.24) is 9.97 Å². The van der Waals surface area contributed by atoms with Crippen molar-refractivity contribution in [2.75, 3.05) is 24.5 Å². The molecule has 3 N–H and O–H groups in total. The van der Waals surface area contributed by atoms with Crippen LogP contribution in [0.25, 0.3) is 11.3 Å². The maximum Gasteiger partial charge on any atom is 0.153 e. The minimum Gasteiger partial charge on any atom is -0.390 e. The fourth-order valence-electron chi connectivity index (χ4n) is 3.66. The van der Waals surface area contributed by atoms with E-state index in [0.29, 0.717) is 51.5 Å². The summed E-state index contributed by atoms with van der Waals surface area (Å²) in [5.41, 5.74) is 8.31. The van der Waals surface area contributed by atoms with E-state index in [1.165, 1.54) is 0 Å². The molecule has 148 valence electrons. The third-order valence-electron chi connectivity index (χ3n) is 5.49. The van der Waals surface area contributed by atoms with Gasteiger partial charge in [0.15, 0.2) is 5.82 Å². The molecular formula is C20H23Cl2N5O. The van der Waals surface area contributed by atoms with E-state index in [2.05, 4.69) is 16.0 Å². The fourth-order valence-corrected chi connectivity index (χ4v) is 4.05. The van der Waals surface area contributed by atoms with Crippen LogP contribution < -0.4 is 10.6 Å². The number of halogens is 2. The lowest BCUT2D eigenvalue weighted by Gasteiger charge is -2.40. The third-order valence-corrected chi connectivity index (χ3v) is 6.31. The highest BCUT2D eigenvalue weighted by Crippen LogP contribution is 2.38. The number of rotatable bonds is 5. The van der Waals surface area contributed by atoms with E-state index in [1.54, 1.807) is 6.07 Å². The van der Waals surface area contributed by atoms with Gasteiger partial charge in [-0.25, -0.2) is 9.97 Å². The van der Waals surface area contributed by atoms with Crippen molar-refractivity contribution in [3.63, 3.8) is 0 Å². The van der Waals surface area contributed by atoms with Crippen LogP contribution in [-0.4, -0.2) is 34.7 Å². The zero-order valence-corrected chi connectivity index (χ0v) is 17.3. The van der Waals surface area contributed by atoms with Crippen molar-refractivity contribution in [1.29, 1.82) is 5.26 Å². The number of aliphatic hydroxyl groups is 1. The number of nitrogens with zero attached hydrogens (tertiary/aromatic N) is 4. The Morgan fingerprint density at radius 2 is 2.00 bits per heavy atom. The molecule has 1 aromatic heterocycles. The smallest absolute Gasteiger partial charge is 0.153 e. The first kappa shape index (κ1) is 20.8. The van der Waals surface area contributed by atoms with Gasteiger partial charge in [-0.1, -0.05) is 35.3 Å². The molecule has 0 unspecified atom stereocenters. The normalized spacial score (nSPS) is 16.1. The summed E-state index contributed by atoms with van der Waals surface area (Å²) in [6.07, 6.45) is 2.08. The molecule has 0 saturated carbocycles. The van der Waals surface area contributed by atoms with E-state index in [9.17, 15) is 5.11 Å². The van der Waals surface area contributed by atoms with Crippen LogP contribution in [0.2, 0.25) is 10.0 Å². The van der Waals surface area contributed by atoms with Gasteiger partial charge in [0.25, 0.3) is 0 Å². The summed E-state index contributed by atoms with van der Waals surface area (Å²) in [5, 5.41) is 19.9. The Morgan fingerprint density at radius 3 is 2.61 bits per heavy atom. The largest absolute Gasteiger partial charge is 0.390 e. The number of piperidine rings is 1. The molecular weight excluding hydrogens is 397 g/mol. The number of hydrogen-bond donors (Lipinski definition) is 2. The molecule has 0 aliphatic carbocycles. The molecule has 2 heterocycles. The molecule has 0 atom stereocenters. The van der Waals surface area contributed by atoms with Crippen LogP contribution >= 0.6 is 23.2 Å². The van der Waals surface area contributed by atoms with Crippen molar-refractivity contribution in [3.05, 3.63) is 39.6 Å². The molecule has 0 amide bonds. The van der Waals surface area contributed by atoms with Gasteiger partial charge in [-0.15, -0.1) is 0 Å². The van der Waals surface area contributed by atoms with Crippen LogP contribution in [0, 0.1) is 23.7 Å². The van der Waals surface area contributed by atoms with E-state index >= 15 is 0 Å². The molecule has 6 nitrogen and oxygen atoms in total. The minimum atomic E-state index is -0.232. The number of benzene rings is 1. The highest BCUT2D eigenvalue weighted by molar-refractivity contribution is 6.43. The highest BCUT2D eigenvalue weighted by atomic mass is 35.5. The van der Waals surface area contributed by atoms with Crippen LogP contribution in [0.3, 0.4) is 0 Å². The van der Waals surface area contributed by atoms with E-state index < -0.39 is 0 Å². The van der Waals surface area contributed by atoms with E-state index in [-0.39, 0.29) is 12.0 Å². The van der Waals surface area contributed by atoms with Gasteiger partial charge >= 0.3 is 0 Å². The predicted molar refractivity (Wildman–Crippen MR) is 111 cm³/mol. The monoisotopic (exact) mass is 419 g/mol. The second-order valence-electron chi connectivity index (χ2n) is 7.21. The first-order valence-corrected chi connectivity index (χ1v) is 9.95. The van der Waals surface area contributed by atoms with Gasteiger partial charge < -0.3 is 15.7 Å². The Morgan fingerprint density at radius 1 is 1.29 bits per heavy atom. The number of aromatic nitrogens is 2. The minimum absolute atomic E-state index is 0.138. The van der Waals surface area contributed by atoms with Gasteiger partial charge in [-0.2, -0.15) is 5.26 Å². The third kappa shape index (κ3) is 3.94. The average molecular weight is 420 g/mol. The van der Waals surface area contributed by atoms with Crippen LogP contribution in [0.1, 0.15) is 30.7 Å². The summed E-state index contributed by atoms with van der Waals surface area (Å²) in [6, 6.07) is 7.63. The first-order valence-electron chi connectivity index (χ1n) is 9.19. The first-order chi connectivity index (χ1) is 13.4. The molecule has 3 rings (SSSR count). The molecule has 1 saturated heterocycles. The zero-order valence-electron chi connectivity index (χ0n) is 15.8. The van der Waals surface area contributed by atoms with Crippen molar-refractivity contribution in [2.45, 2.75) is 32.8 Å². The van der Waals surface area contributed by atoms with Crippen molar-refractivity contribution < 1.29 is 5.11 Å². The summed E-state index contributed by atoms with van der Waals surface area (Å²) < 4.78 is 0.